The number of hydrogen-bond acceptors (Lipinski definition) is 0. The predicted octanol–water partition coefficient (Wildman–Crippen LogP) is 4.13. The highest BCUT2D eigenvalue weighted by Crippen LogP contribution is 2.50. The Balaban J connectivity index is 1.88. The molecule has 2 saturated carbocycles. The van der Waals surface area contributed by atoms with E-state index in [1.54, 1.807) is 12.8 Å². The zero-order valence-corrected chi connectivity index (χ0v) is 9.41. The molecule has 0 nitrogen and oxygen atoms in total. The van der Waals surface area contributed by atoms with E-state index in [0.717, 1.165) is 11.3 Å². The molecule has 1 heteroatoms. The molecular formula is C11H19Br. The van der Waals surface area contributed by atoms with Gasteiger partial charge in [0.1, 0.15) is 0 Å². The first kappa shape index (κ1) is 9.05. The summed E-state index contributed by atoms with van der Waals surface area (Å²) in [5, 5.41) is 1.24. The van der Waals surface area contributed by atoms with Gasteiger partial charge < -0.3 is 0 Å². The second-order valence-corrected chi connectivity index (χ2v) is 5.45. The van der Waals surface area contributed by atoms with Crippen LogP contribution in [0.5, 0.6) is 0 Å². The molecule has 0 heterocycles. The average Bonchev–Trinajstić information content (AvgIpc) is 2.55. The molecule has 0 radical (unpaired) electrons. The van der Waals surface area contributed by atoms with Crippen molar-refractivity contribution in [1.29, 1.82) is 0 Å². The van der Waals surface area contributed by atoms with Gasteiger partial charge in [-0.2, -0.15) is 0 Å². The van der Waals surface area contributed by atoms with Crippen LogP contribution in [0, 0.1) is 11.3 Å². The molecule has 0 amide bonds. The second-order valence-electron chi connectivity index (χ2n) is 4.80. The Morgan fingerprint density at radius 2 is 1.58 bits per heavy atom. The minimum atomic E-state index is 0.832. The van der Waals surface area contributed by atoms with Gasteiger partial charge in [-0.25, -0.2) is 0 Å². The Labute approximate surface area is 84.2 Å². The Morgan fingerprint density at radius 1 is 1.00 bits per heavy atom. The van der Waals surface area contributed by atoms with Crippen molar-refractivity contribution >= 4 is 15.9 Å². The molecule has 0 aliphatic heterocycles. The molecule has 2 aliphatic carbocycles. The highest BCUT2D eigenvalue weighted by molar-refractivity contribution is 9.09. The Hall–Kier alpha value is 0.480. The molecule has 2 fully saturated rings. The Kier molecular flexibility index (Phi) is 2.78. The van der Waals surface area contributed by atoms with Gasteiger partial charge in [0, 0.05) is 5.33 Å². The van der Waals surface area contributed by atoms with E-state index in [1.165, 1.54) is 43.9 Å². The van der Waals surface area contributed by atoms with E-state index in [-0.39, 0.29) is 0 Å². The molecule has 0 bridgehead atoms. The summed E-state index contributed by atoms with van der Waals surface area (Å²) in [5.74, 6) is 0.997. The predicted molar refractivity (Wildman–Crippen MR) is 56.7 cm³/mol. The highest BCUT2D eigenvalue weighted by atomic mass is 79.9. The molecule has 0 aromatic heterocycles. The number of halogens is 1. The van der Waals surface area contributed by atoms with E-state index in [2.05, 4.69) is 15.9 Å². The van der Waals surface area contributed by atoms with Gasteiger partial charge in [-0.05, 0) is 49.9 Å². The molecule has 2 rings (SSSR count). The van der Waals surface area contributed by atoms with E-state index in [1.807, 2.05) is 0 Å². The molecule has 2 aliphatic rings. The summed E-state index contributed by atoms with van der Waals surface area (Å²) in [7, 11) is 0. The van der Waals surface area contributed by atoms with Crippen molar-refractivity contribution in [3.8, 4) is 0 Å². The van der Waals surface area contributed by atoms with Crippen LogP contribution in [0.2, 0.25) is 0 Å². The van der Waals surface area contributed by atoms with E-state index in [4.69, 9.17) is 0 Å². The van der Waals surface area contributed by atoms with Gasteiger partial charge in [0.15, 0.2) is 0 Å². The van der Waals surface area contributed by atoms with Crippen LogP contribution < -0.4 is 0 Å². The van der Waals surface area contributed by atoms with Gasteiger partial charge >= 0.3 is 0 Å². The molecule has 1 spiro atoms. The van der Waals surface area contributed by atoms with Crippen LogP contribution in [-0.4, -0.2) is 5.33 Å². The van der Waals surface area contributed by atoms with E-state index >= 15 is 0 Å². The molecule has 0 N–H and O–H groups in total. The van der Waals surface area contributed by atoms with Crippen molar-refractivity contribution < 1.29 is 0 Å². The highest BCUT2D eigenvalue weighted by Gasteiger charge is 2.36. The third-order valence-corrected chi connectivity index (χ3v) is 4.96. The number of alkyl halides is 1. The van der Waals surface area contributed by atoms with Crippen LogP contribution in [0.1, 0.15) is 51.4 Å². The quantitative estimate of drug-likeness (QED) is 0.595. The monoisotopic (exact) mass is 230 g/mol. The largest absolute Gasteiger partial charge is 0.0925 e. The van der Waals surface area contributed by atoms with Crippen molar-refractivity contribution in [3.05, 3.63) is 0 Å². The first-order chi connectivity index (χ1) is 5.85. The lowest BCUT2D eigenvalue weighted by Gasteiger charge is -2.36. The fraction of sp³-hybridized carbons (Fsp3) is 1.00. The summed E-state index contributed by atoms with van der Waals surface area (Å²) < 4.78 is 0. The molecule has 0 aromatic rings. The summed E-state index contributed by atoms with van der Waals surface area (Å²) in [6.45, 7) is 0. The molecule has 0 unspecified atom stereocenters. The van der Waals surface area contributed by atoms with Crippen LogP contribution in [0.4, 0.5) is 0 Å². The molecule has 12 heavy (non-hydrogen) atoms. The van der Waals surface area contributed by atoms with Crippen molar-refractivity contribution in [2.24, 2.45) is 11.3 Å². The van der Waals surface area contributed by atoms with E-state index < -0.39 is 0 Å². The van der Waals surface area contributed by atoms with Crippen molar-refractivity contribution in [2.45, 2.75) is 51.4 Å². The fourth-order valence-corrected chi connectivity index (χ4v) is 3.72. The molecule has 0 atom stereocenters. The lowest BCUT2D eigenvalue weighted by Crippen LogP contribution is -2.24. The third kappa shape index (κ3) is 1.71. The van der Waals surface area contributed by atoms with Gasteiger partial charge in [-0.1, -0.05) is 28.8 Å². The van der Waals surface area contributed by atoms with Crippen molar-refractivity contribution in [3.63, 3.8) is 0 Å². The van der Waals surface area contributed by atoms with Gasteiger partial charge in [-0.15, -0.1) is 0 Å². The van der Waals surface area contributed by atoms with Gasteiger partial charge in [0.05, 0.1) is 0 Å². The van der Waals surface area contributed by atoms with Crippen molar-refractivity contribution in [2.75, 3.05) is 5.33 Å². The smallest absolute Gasteiger partial charge is 0.00596 e. The van der Waals surface area contributed by atoms with Crippen LogP contribution in [-0.2, 0) is 0 Å². The van der Waals surface area contributed by atoms with Crippen molar-refractivity contribution in [1.82, 2.24) is 0 Å². The maximum absolute atomic E-state index is 3.61. The normalized spacial score (nSPS) is 29.8. The number of rotatable bonds is 1. The summed E-state index contributed by atoms with van der Waals surface area (Å²) in [6.07, 6.45) is 12.2. The zero-order chi connectivity index (χ0) is 8.44. The summed E-state index contributed by atoms with van der Waals surface area (Å²) in [5.41, 5.74) is 0.832. The fourth-order valence-electron chi connectivity index (χ4n) is 3.07. The maximum atomic E-state index is 3.61. The molecule has 0 aromatic carbocycles. The maximum Gasteiger partial charge on any atom is 0.00596 e. The first-order valence-electron chi connectivity index (χ1n) is 5.41. The lowest BCUT2D eigenvalue weighted by atomic mass is 9.70. The second kappa shape index (κ2) is 3.69. The van der Waals surface area contributed by atoms with Crippen LogP contribution >= 0.6 is 15.9 Å². The van der Waals surface area contributed by atoms with Gasteiger partial charge in [0.2, 0.25) is 0 Å². The molecule has 0 saturated heterocycles. The SMILES string of the molecule is BrCC1CCC2(CCCC2)CC1. The minimum absolute atomic E-state index is 0.832. The van der Waals surface area contributed by atoms with E-state index in [0.29, 0.717) is 0 Å². The first-order valence-corrected chi connectivity index (χ1v) is 6.53. The molecule has 70 valence electrons. The summed E-state index contributed by atoms with van der Waals surface area (Å²) in [6, 6.07) is 0. The standard InChI is InChI=1S/C11H19Br/c12-9-10-3-7-11(8-4-10)5-1-2-6-11/h10H,1-9H2. The topological polar surface area (TPSA) is 0 Å². The summed E-state index contributed by atoms with van der Waals surface area (Å²) in [4.78, 5) is 0. The third-order valence-electron chi connectivity index (χ3n) is 4.05. The van der Waals surface area contributed by atoms with Crippen LogP contribution in [0.3, 0.4) is 0 Å². The van der Waals surface area contributed by atoms with Crippen LogP contribution in [0.15, 0.2) is 0 Å². The minimum Gasteiger partial charge on any atom is -0.0925 e. The summed E-state index contributed by atoms with van der Waals surface area (Å²) >= 11 is 3.61. The zero-order valence-electron chi connectivity index (χ0n) is 7.82. The van der Waals surface area contributed by atoms with E-state index in [9.17, 15) is 0 Å². The Bertz CT molecular complexity index is 137. The van der Waals surface area contributed by atoms with Gasteiger partial charge in [-0.3, -0.25) is 0 Å². The Morgan fingerprint density at radius 3 is 2.08 bits per heavy atom. The number of hydrogen-bond donors (Lipinski definition) is 0. The van der Waals surface area contributed by atoms with Gasteiger partial charge in [0.25, 0.3) is 0 Å². The van der Waals surface area contributed by atoms with Crippen LogP contribution in [0.25, 0.3) is 0 Å². The molecular weight excluding hydrogens is 212 g/mol. The lowest BCUT2D eigenvalue weighted by molar-refractivity contribution is 0.165. The average molecular weight is 231 g/mol.